The number of piperazine rings is 1. The van der Waals surface area contributed by atoms with Crippen molar-refractivity contribution in [3.63, 3.8) is 0 Å². The second-order valence-electron chi connectivity index (χ2n) is 7.52. The summed E-state index contributed by atoms with van der Waals surface area (Å²) in [7, 11) is 0. The van der Waals surface area contributed by atoms with Crippen molar-refractivity contribution in [1.29, 1.82) is 0 Å². The van der Waals surface area contributed by atoms with Crippen LogP contribution in [0.2, 0.25) is 0 Å². The molecule has 0 radical (unpaired) electrons. The summed E-state index contributed by atoms with van der Waals surface area (Å²) in [5.41, 5.74) is 2.84. The molecular weight excluding hydrogens is 362 g/mol. The predicted octanol–water partition coefficient (Wildman–Crippen LogP) is 2.94. The molecule has 2 amide bonds. The van der Waals surface area contributed by atoms with Gasteiger partial charge in [0.15, 0.2) is 0 Å². The second-order valence-corrected chi connectivity index (χ2v) is 7.52. The molecule has 1 fully saturated rings. The van der Waals surface area contributed by atoms with Gasteiger partial charge in [-0.15, -0.1) is 0 Å². The van der Waals surface area contributed by atoms with Gasteiger partial charge >= 0.3 is 0 Å². The molecule has 0 bridgehead atoms. The van der Waals surface area contributed by atoms with Crippen LogP contribution < -0.4 is 5.32 Å². The number of carbonyl (C=O) groups excluding carboxylic acids is 2. The molecule has 0 spiro atoms. The van der Waals surface area contributed by atoms with E-state index >= 15 is 0 Å². The molecule has 0 aliphatic carbocycles. The maximum absolute atomic E-state index is 12.8. The summed E-state index contributed by atoms with van der Waals surface area (Å²) in [5, 5.41) is 2.84. The van der Waals surface area contributed by atoms with Crippen LogP contribution in [0.5, 0.6) is 0 Å². The van der Waals surface area contributed by atoms with E-state index in [2.05, 4.69) is 22.3 Å². The minimum atomic E-state index is -0.540. The van der Waals surface area contributed by atoms with E-state index in [1.54, 1.807) is 13.8 Å². The lowest BCUT2D eigenvalue weighted by Gasteiger charge is -2.36. The van der Waals surface area contributed by atoms with Crippen molar-refractivity contribution in [1.82, 2.24) is 15.1 Å². The number of hydrogen-bond donors (Lipinski definition) is 1. The Morgan fingerprint density at radius 3 is 2.17 bits per heavy atom. The first kappa shape index (κ1) is 20.8. The molecule has 0 unspecified atom stereocenters. The summed E-state index contributed by atoms with van der Waals surface area (Å²) in [6.07, 6.45) is 1.83. The van der Waals surface area contributed by atoms with Crippen LogP contribution in [0, 0.1) is 0 Å². The first-order valence-corrected chi connectivity index (χ1v) is 10.1. The molecule has 1 atom stereocenters. The standard InChI is InChI=1S/C24H29N3O2/c1-19(17-21-9-5-3-6-10-21)23(28)25-20(2)24(29)27-15-13-26(14-16-27)18-22-11-7-4-8-12-22/h3-12,17,20H,13-16,18H2,1-2H3,(H,25,28)/b19-17+/t20-/m0/s1. The molecule has 1 heterocycles. The Morgan fingerprint density at radius 2 is 1.55 bits per heavy atom. The third kappa shape index (κ3) is 6.03. The minimum absolute atomic E-state index is 0.0229. The minimum Gasteiger partial charge on any atom is -0.341 e. The van der Waals surface area contributed by atoms with Gasteiger partial charge < -0.3 is 10.2 Å². The largest absolute Gasteiger partial charge is 0.341 e. The maximum atomic E-state index is 12.8. The highest BCUT2D eigenvalue weighted by molar-refractivity contribution is 5.99. The SMILES string of the molecule is C/C(=C\c1ccccc1)C(=O)N[C@@H](C)C(=O)N1CCN(Cc2ccccc2)CC1. The zero-order chi connectivity index (χ0) is 20.6. The topological polar surface area (TPSA) is 52.7 Å². The first-order chi connectivity index (χ1) is 14.0. The van der Waals surface area contributed by atoms with E-state index < -0.39 is 6.04 Å². The fraction of sp³-hybridized carbons (Fsp3) is 0.333. The monoisotopic (exact) mass is 391 g/mol. The molecule has 1 aliphatic heterocycles. The van der Waals surface area contributed by atoms with Gasteiger partial charge in [0, 0.05) is 38.3 Å². The Morgan fingerprint density at radius 1 is 0.966 bits per heavy atom. The van der Waals surface area contributed by atoms with Crippen molar-refractivity contribution in [2.45, 2.75) is 26.4 Å². The molecule has 5 heteroatoms. The van der Waals surface area contributed by atoms with Crippen molar-refractivity contribution in [2.24, 2.45) is 0 Å². The summed E-state index contributed by atoms with van der Waals surface area (Å²) < 4.78 is 0. The van der Waals surface area contributed by atoms with Crippen molar-refractivity contribution < 1.29 is 9.59 Å². The van der Waals surface area contributed by atoms with Crippen molar-refractivity contribution in [2.75, 3.05) is 26.2 Å². The molecule has 2 aromatic rings. The highest BCUT2D eigenvalue weighted by atomic mass is 16.2. The third-order valence-electron chi connectivity index (χ3n) is 5.19. The van der Waals surface area contributed by atoms with Gasteiger partial charge in [-0.1, -0.05) is 60.7 Å². The predicted molar refractivity (Wildman–Crippen MR) is 116 cm³/mol. The van der Waals surface area contributed by atoms with Crippen LogP contribution in [0.25, 0.3) is 6.08 Å². The number of rotatable bonds is 6. The van der Waals surface area contributed by atoms with Gasteiger partial charge in [-0.05, 0) is 31.1 Å². The lowest BCUT2D eigenvalue weighted by atomic mass is 10.1. The average molecular weight is 392 g/mol. The van der Waals surface area contributed by atoms with Crippen LogP contribution in [0.1, 0.15) is 25.0 Å². The zero-order valence-electron chi connectivity index (χ0n) is 17.2. The molecule has 3 rings (SSSR count). The van der Waals surface area contributed by atoms with Crippen molar-refractivity contribution >= 4 is 17.9 Å². The van der Waals surface area contributed by atoms with Gasteiger partial charge in [-0.2, -0.15) is 0 Å². The molecular formula is C24H29N3O2. The van der Waals surface area contributed by atoms with Gasteiger partial charge in [0.1, 0.15) is 6.04 Å². The molecule has 5 nitrogen and oxygen atoms in total. The van der Waals surface area contributed by atoms with Gasteiger partial charge in [-0.25, -0.2) is 0 Å². The second kappa shape index (κ2) is 10.0. The molecule has 1 saturated heterocycles. The van der Waals surface area contributed by atoms with Gasteiger partial charge in [-0.3, -0.25) is 14.5 Å². The van der Waals surface area contributed by atoms with E-state index in [1.807, 2.05) is 59.5 Å². The molecule has 29 heavy (non-hydrogen) atoms. The van der Waals surface area contributed by atoms with Crippen LogP contribution in [-0.2, 0) is 16.1 Å². The smallest absolute Gasteiger partial charge is 0.247 e. The molecule has 2 aromatic carbocycles. The lowest BCUT2D eigenvalue weighted by molar-refractivity contribution is -0.136. The Labute approximate surface area is 173 Å². The van der Waals surface area contributed by atoms with Crippen LogP contribution in [0.3, 0.4) is 0 Å². The summed E-state index contributed by atoms with van der Waals surface area (Å²) in [6, 6.07) is 19.5. The highest BCUT2D eigenvalue weighted by Crippen LogP contribution is 2.10. The van der Waals surface area contributed by atoms with E-state index in [4.69, 9.17) is 0 Å². The number of nitrogens with one attached hydrogen (secondary N) is 1. The summed E-state index contributed by atoms with van der Waals surface area (Å²) in [4.78, 5) is 29.4. The molecule has 0 aromatic heterocycles. The number of carbonyl (C=O) groups is 2. The van der Waals surface area contributed by atoms with Crippen molar-refractivity contribution in [3.05, 3.63) is 77.4 Å². The van der Waals surface area contributed by atoms with Crippen molar-refractivity contribution in [3.8, 4) is 0 Å². The average Bonchev–Trinajstić information content (AvgIpc) is 2.75. The summed E-state index contributed by atoms with van der Waals surface area (Å²) in [5.74, 6) is -0.234. The molecule has 0 saturated carbocycles. The number of nitrogens with zero attached hydrogens (tertiary/aromatic N) is 2. The quantitative estimate of drug-likeness (QED) is 0.771. The highest BCUT2D eigenvalue weighted by Gasteiger charge is 2.26. The number of amides is 2. The van der Waals surface area contributed by atoms with E-state index in [1.165, 1.54) is 5.56 Å². The summed E-state index contributed by atoms with van der Waals surface area (Å²) in [6.45, 7) is 7.48. The van der Waals surface area contributed by atoms with Gasteiger partial charge in [0.05, 0.1) is 0 Å². The zero-order valence-corrected chi connectivity index (χ0v) is 17.2. The van der Waals surface area contributed by atoms with Crippen LogP contribution >= 0.6 is 0 Å². The normalized spacial score (nSPS) is 16.3. The van der Waals surface area contributed by atoms with Crippen LogP contribution in [0.15, 0.2) is 66.2 Å². The number of benzene rings is 2. The Hall–Kier alpha value is -2.92. The molecule has 152 valence electrons. The van der Waals surface area contributed by atoms with E-state index in [0.29, 0.717) is 18.7 Å². The fourth-order valence-corrected chi connectivity index (χ4v) is 3.48. The third-order valence-corrected chi connectivity index (χ3v) is 5.19. The Balaban J connectivity index is 1.48. The van der Waals surface area contributed by atoms with E-state index in [-0.39, 0.29) is 11.8 Å². The maximum Gasteiger partial charge on any atom is 0.247 e. The van der Waals surface area contributed by atoms with Gasteiger partial charge in [0.25, 0.3) is 0 Å². The lowest BCUT2D eigenvalue weighted by Crippen LogP contribution is -2.54. The molecule has 1 N–H and O–H groups in total. The van der Waals surface area contributed by atoms with E-state index in [0.717, 1.165) is 25.2 Å². The van der Waals surface area contributed by atoms with E-state index in [9.17, 15) is 9.59 Å². The Bertz CT molecular complexity index is 841. The first-order valence-electron chi connectivity index (χ1n) is 10.1. The molecule has 1 aliphatic rings. The van der Waals surface area contributed by atoms with Crippen LogP contribution in [-0.4, -0.2) is 53.8 Å². The summed E-state index contributed by atoms with van der Waals surface area (Å²) >= 11 is 0. The Kier molecular flexibility index (Phi) is 7.19. The fourth-order valence-electron chi connectivity index (χ4n) is 3.48. The van der Waals surface area contributed by atoms with Crippen LogP contribution in [0.4, 0.5) is 0 Å². The van der Waals surface area contributed by atoms with Gasteiger partial charge in [0.2, 0.25) is 11.8 Å². The number of hydrogen-bond acceptors (Lipinski definition) is 3.